The molecule has 0 radical (unpaired) electrons. The maximum atomic E-state index is 6.24. The highest BCUT2D eigenvalue weighted by atomic mass is 16.3. The zero-order valence-corrected chi connectivity index (χ0v) is 29.0. The molecule has 0 bridgehead atoms. The van der Waals surface area contributed by atoms with Gasteiger partial charge in [0, 0.05) is 22.3 Å². The predicted octanol–water partition coefficient (Wildman–Crippen LogP) is 12.3. The minimum atomic E-state index is -0.00741. The van der Waals surface area contributed by atoms with Gasteiger partial charge in [0.1, 0.15) is 17.0 Å². The first-order valence-electron chi connectivity index (χ1n) is 18.4. The molecular weight excluding hydrogens is 647 g/mol. The van der Waals surface area contributed by atoms with Crippen LogP contribution in [-0.4, -0.2) is 15.0 Å². The smallest absolute Gasteiger partial charge is 0.164 e. The number of fused-ring (bicyclic) bond motifs is 8. The van der Waals surface area contributed by atoms with E-state index in [-0.39, 0.29) is 5.92 Å². The van der Waals surface area contributed by atoms with Gasteiger partial charge in [-0.3, -0.25) is 0 Å². The van der Waals surface area contributed by atoms with E-state index in [9.17, 15) is 0 Å². The second-order valence-electron chi connectivity index (χ2n) is 14.3. The van der Waals surface area contributed by atoms with E-state index in [0.717, 1.165) is 75.2 Å². The quantitative estimate of drug-likeness (QED) is 0.174. The van der Waals surface area contributed by atoms with Crippen LogP contribution in [0.1, 0.15) is 46.2 Å². The summed E-state index contributed by atoms with van der Waals surface area (Å²) in [5.41, 5.74) is 11.5. The number of nitrogens with zero attached hydrogens (tertiary/aromatic N) is 3. The van der Waals surface area contributed by atoms with E-state index in [1.165, 1.54) is 49.5 Å². The molecule has 2 aromatic heterocycles. The number of aromatic nitrogens is 3. The monoisotopic (exact) mass is 679 g/mol. The summed E-state index contributed by atoms with van der Waals surface area (Å²) in [6.45, 7) is 0. The molecule has 53 heavy (non-hydrogen) atoms. The lowest BCUT2D eigenvalue weighted by Crippen LogP contribution is -2.14. The molecular formula is C49H33N3O. The summed E-state index contributed by atoms with van der Waals surface area (Å²) in [6, 6.07) is 49.6. The van der Waals surface area contributed by atoms with Gasteiger partial charge in [-0.1, -0.05) is 133 Å². The molecule has 0 fully saturated rings. The van der Waals surface area contributed by atoms with E-state index in [0.29, 0.717) is 0 Å². The van der Waals surface area contributed by atoms with Crippen molar-refractivity contribution in [3.05, 3.63) is 180 Å². The van der Waals surface area contributed by atoms with Crippen LogP contribution in [0.4, 0.5) is 0 Å². The van der Waals surface area contributed by atoms with Gasteiger partial charge in [-0.15, -0.1) is 0 Å². The van der Waals surface area contributed by atoms with Gasteiger partial charge in [0.15, 0.2) is 11.6 Å². The van der Waals surface area contributed by atoms with Crippen LogP contribution in [0, 0.1) is 0 Å². The Bertz CT molecular complexity index is 3000. The second-order valence-corrected chi connectivity index (χ2v) is 14.3. The number of allylic oxidation sites excluding steroid dienone is 2. The fourth-order valence-corrected chi connectivity index (χ4v) is 8.50. The minimum Gasteiger partial charge on any atom is -0.456 e. The molecule has 0 N–H and O–H groups in total. The van der Waals surface area contributed by atoms with Crippen molar-refractivity contribution in [1.82, 2.24) is 15.0 Å². The van der Waals surface area contributed by atoms with Crippen LogP contribution in [-0.2, 0) is 12.8 Å². The highest BCUT2D eigenvalue weighted by molar-refractivity contribution is 6.14. The zero-order chi connectivity index (χ0) is 34.9. The fraction of sp³-hybridized carbons (Fsp3) is 0.0816. The third-order valence-corrected chi connectivity index (χ3v) is 11.1. The Hall–Kier alpha value is -6.65. The van der Waals surface area contributed by atoms with Crippen LogP contribution in [0.5, 0.6) is 0 Å². The van der Waals surface area contributed by atoms with Crippen molar-refractivity contribution in [2.75, 3.05) is 0 Å². The fourth-order valence-electron chi connectivity index (χ4n) is 8.50. The molecule has 0 saturated carbocycles. The lowest BCUT2D eigenvalue weighted by atomic mass is 9.86. The van der Waals surface area contributed by atoms with E-state index in [1.807, 2.05) is 12.1 Å². The zero-order valence-electron chi connectivity index (χ0n) is 29.0. The van der Waals surface area contributed by atoms with Crippen molar-refractivity contribution >= 4 is 61.2 Å². The molecule has 0 saturated heterocycles. The van der Waals surface area contributed by atoms with Gasteiger partial charge in [-0.25, -0.2) is 15.0 Å². The van der Waals surface area contributed by atoms with Crippen molar-refractivity contribution in [2.45, 2.75) is 25.2 Å². The van der Waals surface area contributed by atoms with Crippen LogP contribution >= 0.6 is 0 Å². The molecule has 9 aromatic rings. The number of furan rings is 1. The number of rotatable bonds is 4. The molecule has 2 aliphatic rings. The average molecular weight is 680 g/mol. The molecule has 4 nitrogen and oxygen atoms in total. The standard InChI is InChI=1S/C49H33N3O/c1-2-11-32-26-35(24-21-30(32)10-1)47-50-48(52-49(51-47)43-29-33-12-3-4-13-38(33)40-14-5-6-15-41(40)43)36-25-22-31-20-23-34(27-37(31)28-36)39-17-9-19-45-46(39)42-16-7-8-18-44(42)53-45/h1-20,22-23,25-27,29,36H,21,24,28H2. The Morgan fingerprint density at radius 1 is 0.528 bits per heavy atom. The van der Waals surface area contributed by atoms with Gasteiger partial charge >= 0.3 is 0 Å². The van der Waals surface area contributed by atoms with E-state index < -0.39 is 0 Å². The highest BCUT2D eigenvalue weighted by Gasteiger charge is 2.24. The normalized spacial score (nSPS) is 15.2. The molecule has 2 heterocycles. The molecule has 1 unspecified atom stereocenters. The first-order chi connectivity index (χ1) is 26.2. The van der Waals surface area contributed by atoms with Crippen LogP contribution in [0.15, 0.2) is 150 Å². The third kappa shape index (κ3) is 5.02. The maximum absolute atomic E-state index is 6.24. The number of benzene rings is 7. The molecule has 0 aliphatic heterocycles. The Labute approximate surface area is 306 Å². The lowest BCUT2D eigenvalue weighted by molar-refractivity contribution is 0.669. The first kappa shape index (κ1) is 30.0. The van der Waals surface area contributed by atoms with Gasteiger partial charge in [0.2, 0.25) is 0 Å². The van der Waals surface area contributed by atoms with E-state index >= 15 is 0 Å². The highest BCUT2D eigenvalue weighted by Crippen LogP contribution is 2.40. The average Bonchev–Trinajstić information content (AvgIpc) is 3.62. The van der Waals surface area contributed by atoms with Crippen molar-refractivity contribution in [3.63, 3.8) is 0 Å². The Balaban J connectivity index is 1.05. The first-order valence-corrected chi connectivity index (χ1v) is 18.4. The Kier molecular flexibility index (Phi) is 6.78. The lowest BCUT2D eigenvalue weighted by Gasteiger charge is -2.22. The summed E-state index contributed by atoms with van der Waals surface area (Å²) in [5, 5.41) is 7.05. The summed E-state index contributed by atoms with van der Waals surface area (Å²) >= 11 is 0. The minimum absolute atomic E-state index is 0.00741. The topological polar surface area (TPSA) is 51.8 Å². The molecule has 250 valence electrons. The van der Waals surface area contributed by atoms with Gasteiger partial charge < -0.3 is 4.42 Å². The molecule has 0 amide bonds. The second kappa shape index (κ2) is 12.0. The Morgan fingerprint density at radius 3 is 2.25 bits per heavy atom. The molecule has 2 aliphatic carbocycles. The Morgan fingerprint density at radius 2 is 1.30 bits per heavy atom. The van der Waals surface area contributed by atoms with Crippen molar-refractivity contribution < 1.29 is 4.42 Å². The van der Waals surface area contributed by atoms with Crippen LogP contribution < -0.4 is 0 Å². The van der Waals surface area contributed by atoms with Gasteiger partial charge in [0.25, 0.3) is 0 Å². The predicted molar refractivity (Wildman–Crippen MR) is 218 cm³/mol. The number of aryl methyl sites for hydroxylation is 1. The summed E-state index contributed by atoms with van der Waals surface area (Å²) in [4.78, 5) is 15.9. The van der Waals surface area contributed by atoms with E-state index in [4.69, 9.17) is 19.4 Å². The number of hydrogen-bond acceptors (Lipinski definition) is 4. The van der Waals surface area contributed by atoms with Gasteiger partial charge in [-0.2, -0.15) is 0 Å². The summed E-state index contributed by atoms with van der Waals surface area (Å²) < 4.78 is 6.24. The third-order valence-electron chi connectivity index (χ3n) is 11.1. The van der Waals surface area contributed by atoms with Gasteiger partial charge in [0.05, 0.1) is 0 Å². The van der Waals surface area contributed by atoms with Crippen molar-refractivity contribution in [2.24, 2.45) is 0 Å². The number of para-hydroxylation sites is 1. The van der Waals surface area contributed by atoms with E-state index in [1.54, 1.807) is 0 Å². The van der Waals surface area contributed by atoms with Crippen LogP contribution in [0.2, 0.25) is 0 Å². The number of hydrogen-bond donors (Lipinski definition) is 0. The molecule has 11 rings (SSSR count). The SMILES string of the molecule is C1=CC(c2nc(C3=Cc4ccccc4CC3)nc(-c3cc4ccccc4c4ccccc34)n2)Cc2cc(-c3cccc4oc5ccccc5c34)ccc21. The molecule has 1 atom stereocenters. The largest absolute Gasteiger partial charge is 0.456 e. The van der Waals surface area contributed by atoms with Crippen LogP contribution in [0.25, 0.3) is 83.7 Å². The maximum Gasteiger partial charge on any atom is 0.164 e. The molecule has 7 aromatic carbocycles. The summed E-state index contributed by atoms with van der Waals surface area (Å²) in [7, 11) is 0. The molecule has 4 heteroatoms. The van der Waals surface area contributed by atoms with Crippen LogP contribution in [0.3, 0.4) is 0 Å². The van der Waals surface area contributed by atoms with Crippen molar-refractivity contribution in [1.29, 1.82) is 0 Å². The van der Waals surface area contributed by atoms with Crippen molar-refractivity contribution in [3.8, 4) is 22.5 Å². The van der Waals surface area contributed by atoms with E-state index in [2.05, 4.69) is 146 Å². The summed E-state index contributed by atoms with van der Waals surface area (Å²) in [6.07, 6.45) is 9.45. The van der Waals surface area contributed by atoms with Gasteiger partial charge in [-0.05, 0) is 104 Å². The summed E-state index contributed by atoms with van der Waals surface area (Å²) in [5.74, 6) is 2.28. The molecule has 0 spiro atoms.